The molecule has 7 heteroatoms. The summed E-state index contributed by atoms with van der Waals surface area (Å²) in [5, 5.41) is 8.30. The van der Waals surface area contributed by atoms with E-state index >= 15 is 0 Å². The van der Waals surface area contributed by atoms with Crippen LogP contribution in [0.25, 0.3) is 5.69 Å². The molecule has 2 aromatic rings. The largest absolute Gasteiger partial charge is 0.376 e. The van der Waals surface area contributed by atoms with E-state index in [1.807, 2.05) is 19.9 Å². The van der Waals surface area contributed by atoms with Gasteiger partial charge in [-0.2, -0.15) is 5.10 Å². The molecule has 1 aromatic heterocycles. The minimum atomic E-state index is -0.134. The van der Waals surface area contributed by atoms with Crippen LogP contribution in [0.3, 0.4) is 0 Å². The molecule has 2 heterocycles. The van der Waals surface area contributed by atoms with Crippen LogP contribution in [0.15, 0.2) is 24.4 Å². The Balaban J connectivity index is 1.86. The van der Waals surface area contributed by atoms with Crippen molar-refractivity contribution < 1.29 is 9.53 Å². The molecule has 1 aromatic carbocycles. The van der Waals surface area contributed by atoms with E-state index < -0.39 is 0 Å². The van der Waals surface area contributed by atoms with Crippen molar-refractivity contribution in [3.8, 4) is 5.69 Å². The Morgan fingerprint density at radius 3 is 2.84 bits per heavy atom. The maximum absolute atomic E-state index is 12.6. The Kier molecular flexibility index (Phi) is 5.67. The molecule has 5 nitrogen and oxygen atoms in total. The van der Waals surface area contributed by atoms with Crippen molar-refractivity contribution in [3.63, 3.8) is 0 Å². The van der Waals surface area contributed by atoms with Crippen LogP contribution in [-0.4, -0.2) is 34.9 Å². The van der Waals surface area contributed by atoms with Crippen LogP contribution >= 0.6 is 23.2 Å². The number of amides is 1. The summed E-state index contributed by atoms with van der Waals surface area (Å²) in [5.41, 5.74) is 2.18. The van der Waals surface area contributed by atoms with Gasteiger partial charge in [-0.3, -0.25) is 4.79 Å². The number of ether oxygens (including phenoxy) is 1. The monoisotopic (exact) mass is 381 g/mol. The van der Waals surface area contributed by atoms with Crippen molar-refractivity contribution in [2.24, 2.45) is 0 Å². The third kappa shape index (κ3) is 4.00. The first kappa shape index (κ1) is 18.2. The summed E-state index contributed by atoms with van der Waals surface area (Å²) in [6, 6.07) is 5.31. The molecule has 0 aliphatic carbocycles. The van der Waals surface area contributed by atoms with Gasteiger partial charge >= 0.3 is 0 Å². The molecule has 0 bridgehead atoms. The van der Waals surface area contributed by atoms with Crippen LogP contribution in [0.5, 0.6) is 0 Å². The molecular weight excluding hydrogens is 361 g/mol. The number of carbonyl (C=O) groups excluding carboxylic acids is 1. The molecule has 1 amide bonds. The first-order valence-electron chi connectivity index (χ1n) is 8.40. The Labute approximate surface area is 157 Å². The standard InChI is InChI=1S/C18H21Cl2N3O2/c1-11(2)17-14(18(24)21-9-13-4-3-7-25-13)10-22-23(17)12-5-6-15(19)16(20)8-12/h5-6,8,10-11,13H,3-4,7,9H2,1-2H3,(H,21,24)/t13-/m1/s1. The van der Waals surface area contributed by atoms with Crippen molar-refractivity contribution in [1.82, 2.24) is 15.1 Å². The Morgan fingerprint density at radius 2 is 2.20 bits per heavy atom. The maximum atomic E-state index is 12.6. The number of rotatable bonds is 5. The second-order valence-corrected chi connectivity index (χ2v) is 7.27. The molecule has 0 unspecified atom stereocenters. The summed E-state index contributed by atoms with van der Waals surface area (Å²) in [4.78, 5) is 12.6. The molecular formula is C18H21Cl2N3O2. The van der Waals surface area contributed by atoms with Crippen LogP contribution in [0, 0.1) is 0 Å². The van der Waals surface area contributed by atoms with Gasteiger partial charge in [0, 0.05) is 13.2 Å². The molecule has 1 fully saturated rings. The lowest BCUT2D eigenvalue weighted by atomic mass is 10.0. The van der Waals surface area contributed by atoms with Gasteiger partial charge in [0.05, 0.1) is 39.3 Å². The van der Waals surface area contributed by atoms with E-state index in [-0.39, 0.29) is 17.9 Å². The van der Waals surface area contributed by atoms with Gasteiger partial charge in [-0.1, -0.05) is 37.0 Å². The fourth-order valence-electron chi connectivity index (χ4n) is 3.02. The highest BCUT2D eigenvalue weighted by atomic mass is 35.5. The zero-order chi connectivity index (χ0) is 18.0. The summed E-state index contributed by atoms with van der Waals surface area (Å²) in [6.07, 6.45) is 3.74. The van der Waals surface area contributed by atoms with Crippen LogP contribution in [-0.2, 0) is 4.74 Å². The minimum Gasteiger partial charge on any atom is -0.376 e. The molecule has 0 radical (unpaired) electrons. The van der Waals surface area contributed by atoms with Gasteiger partial charge in [0.1, 0.15) is 0 Å². The molecule has 0 spiro atoms. The third-order valence-electron chi connectivity index (χ3n) is 4.26. The Hall–Kier alpha value is -1.56. The Morgan fingerprint density at radius 1 is 1.40 bits per heavy atom. The van der Waals surface area contributed by atoms with Crippen molar-refractivity contribution in [3.05, 3.63) is 45.7 Å². The molecule has 1 saturated heterocycles. The predicted octanol–water partition coefficient (Wildman–Crippen LogP) is 4.21. The number of halogens is 2. The molecule has 3 rings (SSSR count). The summed E-state index contributed by atoms with van der Waals surface area (Å²) in [6.45, 7) is 5.35. The number of aromatic nitrogens is 2. The van der Waals surface area contributed by atoms with Gasteiger partial charge < -0.3 is 10.1 Å². The van der Waals surface area contributed by atoms with E-state index in [1.54, 1.807) is 23.0 Å². The van der Waals surface area contributed by atoms with Gasteiger partial charge in [0.25, 0.3) is 5.91 Å². The average molecular weight is 382 g/mol. The lowest BCUT2D eigenvalue weighted by Gasteiger charge is -2.14. The topological polar surface area (TPSA) is 56.1 Å². The normalized spacial score (nSPS) is 17.2. The second kappa shape index (κ2) is 7.77. The third-order valence-corrected chi connectivity index (χ3v) is 5.00. The summed E-state index contributed by atoms with van der Waals surface area (Å²) < 4.78 is 7.30. The lowest BCUT2D eigenvalue weighted by molar-refractivity contribution is 0.0856. The number of hydrogen-bond donors (Lipinski definition) is 1. The van der Waals surface area contributed by atoms with E-state index in [2.05, 4.69) is 10.4 Å². The highest BCUT2D eigenvalue weighted by Gasteiger charge is 2.23. The SMILES string of the molecule is CC(C)c1c(C(=O)NC[C@H]2CCCO2)cnn1-c1ccc(Cl)c(Cl)c1. The van der Waals surface area contributed by atoms with Crippen molar-refractivity contribution in [2.75, 3.05) is 13.2 Å². The maximum Gasteiger partial charge on any atom is 0.254 e. The number of hydrogen-bond acceptors (Lipinski definition) is 3. The minimum absolute atomic E-state index is 0.108. The van der Waals surface area contributed by atoms with Gasteiger partial charge in [-0.15, -0.1) is 0 Å². The smallest absolute Gasteiger partial charge is 0.254 e. The number of benzene rings is 1. The van der Waals surface area contributed by atoms with Crippen LogP contribution < -0.4 is 5.32 Å². The molecule has 1 atom stereocenters. The van der Waals surface area contributed by atoms with Gasteiger partial charge in [0.2, 0.25) is 0 Å². The first-order valence-corrected chi connectivity index (χ1v) is 9.16. The molecule has 0 saturated carbocycles. The van der Waals surface area contributed by atoms with Gasteiger partial charge in [-0.05, 0) is 37.0 Å². The van der Waals surface area contributed by atoms with Crippen LogP contribution in [0.4, 0.5) is 0 Å². The predicted molar refractivity (Wildman–Crippen MR) is 99.0 cm³/mol. The number of nitrogens with one attached hydrogen (secondary N) is 1. The molecule has 1 aliphatic heterocycles. The van der Waals surface area contributed by atoms with Crippen molar-refractivity contribution in [2.45, 2.75) is 38.7 Å². The van der Waals surface area contributed by atoms with Gasteiger partial charge in [0.15, 0.2) is 0 Å². The highest BCUT2D eigenvalue weighted by molar-refractivity contribution is 6.42. The molecule has 25 heavy (non-hydrogen) atoms. The highest BCUT2D eigenvalue weighted by Crippen LogP contribution is 2.28. The van der Waals surface area contributed by atoms with Crippen LogP contribution in [0.1, 0.15) is 48.7 Å². The Bertz CT molecular complexity index is 768. The van der Waals surface area contributed by atoms with E-state index in [0.717, 1.165) is 30.8 Å². The zero-order valence-corrected chi connectivity index (χ0v) is 15.8. The fourth-order valence-corrected chi connectivity index (χ4v) is 3.31. The van der Waals surface area contributed by atoms with Crippen molar-refractivity contribution in [1.29, 1.82) is 0 Å². The van der Waals surface area contributed by atoms with E-state index in [1.165, 1.54) is 0 Å². The van der Waals surface area contributed by atoms with Crippen LogP contribution in [0.2, 0.25) is 10.0 Å². The van der Waals surface area contributed by atoms with E-state index in [9.17, 15) is 4.79 Å². The summed E-state index contributed by atoms with van der Waals surface area (Å²) in [5.74, 6) is -0.0223. The molecule has 134 valence electrons. The summed E-state index contributed by atoms with van der Waals surface area (Å²) in [7, 11) is 0. The molecule has 1 aliphatic rings. The number of nitrogens with zero attached hydrogens (tertiary/aromatic N) is 2. The first-order chi connectivity index (χ1) is 12.0. The van der Waals surface area contributed by atoms with E-state index in [0.29, 0.717) is 22.2 Å². The molecule has 1 N–H and O–H groups in total. The quantitative estimate of drug-likeness (QED) is 0.843. The zero-order valence-electron chi connectivity index (χ0n) is 14.3. The second-order valence-electron chi connectivity index (χ2n) is 6.45. The van der Waals surface area contributed by atoms with E-state index in [4.69, 9.17) is 27.9 Å². The lowest BCUT2D eigenvalue weighted by Crippen LogP contribution is -2.32. The average Bonchev–Trinajstić information content (AvgIpc) is 3.24. The van der Waals surface area contributed by atoms with Crippen molar-refractivity contribution >= 4 is 29.1 Å². The fraction of sp³-hybridized carbons (Fsp3) is 0.444. The number of carbonyl (C=O) groups is 1. The summed E-state index contributed by atoms with van der Waals surface area (Å²) >= 11 is 12.1. The van der Waals surface area contributed by atoms with Gasteiger partial charge in [-0.25, -0.2) is 4.68 Å².